The number of ether oxygens (including phenoxy) is 1. The van der Waals surface area contributed by atoms with Crippen LogP contribution in [0.15, 0.2) is 54.6 Å². The third-order valence-electron chi connectivity index (χ3n) is 4.72. The van der Waals surface area contributed by atoms with Crippen molar-refractivity contribution in [3.8, 4) is 17.2 Å². The molecule has 1 aliphatic rings. The van der Waals surface area contributed by atoms with Crippen molar-refractivity contribution in [1.29, 1.82) is 0 Å². The van der Waals surface area contributed by atoms with Crippen molar-refractivity contribution in [3.63, 3.8) is 0 Å². The van der Waals surface area contributed by atoms with E-state index in [-0.39, 0.29) is 33.6 Å². The molecule has 0 aliphatic heterocycles. The molecule has 3 N–H and O–H groups in total. The van der Waals surface area contributed by atoms with Crippen LogP contribution in [0.3, 0.4) is 0 Å². The van der Waals surface area contributed by atoms with Crippen molar-refractivity contribution in [1.82, 2.24) is 0 Å². The second-order valence-corrected chi connectivity index (χ2v) is 6.43. The summed E-state index contributed by atoms with van der Waals surface area (Å²) in [5.74, 6) is -2.24. The predicted octanol–water partition coefficient (Wildman–Crippen LogP) is 3.13. The van der Waals surface area contributed by atoms with Gasteiger partial charge in [-0.3, -0.25) is 14.4 Å². The molecule has 3 aromatic carbocycles. The highest BCUT2D eigenvalue weighted by molar-refractivity contribution is 6.30. The van der Waals surface area contributed by atoms with Crippen LogP contribution >= 0.6 is 0 Å². The molecule has 3 aromatic rings. The number of carbonyl (C=O) groups excluding carboxylic acids is 3. The van der Waals surface area contributed by atoms with E-state index < -0.39 is 23.2 Å². The summed E-state index contributed by atoms with van der Waals surface area (Å²) >= 11 is 0. The predicted molar refractivity (Wildman–Crippen MR) is 104 cm³/mol. The monoisotopic (exact) mass is 389 g/mol. The number of para-hydroxylation sites is 2. The zero-order valence-electron chi connectivity index (χ0n) is 15.2. The molecule has 0 spiro atoms. The first-order valence-corrected chi connectivity index (χ1v) is 8.65. The summed E-state index contributed by atoms with van der Waals surface area (Å²) in [6, 6.07) is 13.3. The summed E-state index contributed by atoms with van der Waals surface area (Å²) in [4.78, 5) is 38.3. The zero-order chi connectivity index (χ0) is 20.7. The van der Waals surface area contributed by atoms with Crippen LogP contribution in [-0.2, 0) is 0 Å². The Morgan fingerprint density at radius 3 is 2.34 bits per heavy atom. The molecule has 0 saturated carbocycles. The molecular weight excluding hydrogens is 374 g/mol. The molecule has 1 amide bonds. The smallest absolute Gasteiger partial charge is 0.255 e. The Hall–Kier alpha value is -4.13. The molecule has 0 atom stereocenters. The fourth-order valence-electron chi connectivity index (χ4n) is 3.36. The number of carbonyl (C=O) groups is 3. The zero-order valence-corrected chi connectivity index (χ0v) is 15.2. The lowest BCUT2D eigenvalue weighted by Gasteiger charge is -2.20. The number of methoxy groups -OCH3 is 1. The van der Waals surface area contributed by atoms with E-state index in [4.69, 9.17) is 4.74 Å². The first kappa shape index (κ1) is 18.2. The number of aromatic hydroxyl groups is 2. The molecule has 144 valence electrons. The van der Waals surface area contributed by atoms with Gasteiger partial charge < -0.3 is 20.3 Å². The van der Waals surface area contributed by atoms with E-state index in [1.54, 1.807) is 24.3 Å². The number of nitrogens with one attached hydrogen (secondary N) is 1. The van der Waals surface area contributed by atoms with E-state index in [0.717, 1.165) is 6.07 Å². The number of fused-ring (bicyclic) bond motifs is 2. The number of hydrogen-bond acceptors (Lipinski definition) is 6. The Bertz CT molecular complexity index is 1200. The lowest BCUT2D eigenvalue weighted by molar-refractivity contribution is 0.0972. The van der Waals surface area contributed by atoms with Crippen molar-refractivity contribution in [2.75, 3.05) is 12.4 Å². The van der Waals surface area contributed by atoms with Crippen LogP contribution < -0.4 is 10.1 Å². The Labute approximate surface area is 165 Å². The molecule has 0 aromatic heterocycles. The maximum atomic E-state index is 12.9. The first-order valence-electron chi connectivity index (χ1n) is 8.65. The summed E-state index contributed by atoms with van der Waals surface area (Å²) in [7, 11) is 1.47. The number of rotatable bonds is 3. The van der Waals surface area contributed by atoms with E-state index in [0.29, 0.717) is 11.4 Å². The van der Waals surface area contributed by atoms with Crippen LogP contribution in [0.5, 0.6) is 17.2 Å². The third kappa shape index (κ3) is 2.89. The van der Waals surface area contributed by atoms with Crippen LogP contribution in [0.2, 0.25) is 0 Å². The van der Waals surface area contributed by atoms with Gasteiger partial charge in [0.1, 0.15) is 17.2 Å². The van der Waals surface area contributed by atoms with Crippen molar-refractivity contribution in [2.24, 2.45) is 0 Å². The second kappa shape index (κ2) is 6.79. The summed E-state index contributed by atoms with van der Waals surface area (Å²) < 4.78 is 5.19. The fraction of sp³-hybridized carbons (Fsp3) is 0.0455. The molecule has 7 nitrogen and oxygen atoms in total. The van der Waals surface area contributed by atoms with Gasteiger partial charge in [-0.2, -0.15) is 0 Å². The SMILES string of the molecule is COc1ccccc1NC(=O)c1cc(O)c2c(c1)C(=O)c1cccc(O)c1C2=O. The number of amides is 1. The van der Waals surface area contributed by atoms with E-state index in [1.807, 2.05) is 0 Å². The first-order chi connectivity index (χ1) is 13.9. The lowest BCUT2D eigenvalue weighted by Crippen LogP contribution is -2.22. The van der Waals surface area contributed by atoms with Crippen LogP contribution in [-0.4, -0.2) is 34.8 Å². The second-order valence-electron chi connectivity index (χ2n) is 6.43. The number of phenols is 2. The maximum absolute atomic E-state index is 12.9. The van der Waals surface area contributed by atoms with E-state index in [2.05, 4.69) is 5.32 Å². The van der Waals surface area contributed by atoms with E-state index in [1.165, 1.54) is 31.4 Å². The minimum absolute atomic E-state index is 0.00286. The molecule has 0 fully saturated rings. The normalized spacial score (nSPS) is 12.2. The minimum atomic E-state index is -0.679. The Morgan fingerprint density at radius 2 is 1.59 bits per heavy atom. The average molecular weight is 389 g/mol. The Kier molecular flexibility index (Phi) is 4.27. The van der Waals surface area contributed by atoms with Crippen molar-refractivity contribution >= 4 is 23.2 Å². The van der Waals surface area contributed by atoms with Gasteiger partial charge in [-0.05, 0) is 30.3 Å². The number of ketones is 2. The molecule has 0 unspecified atom stereocenters. The lowest BCUT2D eigenvalue weighted by atomic mass is 9.82. The van der Waals surface area contributed by atoms with Crippen LogP contribution in [0.4, 0.5) is 5.69 Å². The van der Waals surface area contributed by atoms with Crippen molar-refractivity contribution in [2.45, 2.75) is 0 Å². The van der Waals surface area contributed by atoms with Gasteiger partial charge in [-0.25, -0.2) is 0 Å². The number of anilines is 1. The van der Waals surface area contributed by atoms with Crippen molar-refractivity contribution < 1.29 is 29.3 Å². The van der Waals surface area contributed by atoms with E-state index >= 15 is 0 Å². The standard InChI is InChI=1S/C22H15NO6/c1-29-17-8-3-2-6-14(17)23-22(28)11-9-13-19(16(25)10-11)21(27)18-12(20(13)26)5-4-7-15(18)24/h2-10,24-25H,1H3,(H,23,28). The van der Waals surface area contributed by atoms with Gasteiger partial charge in [-0.15, -0.1) is 0 Å². The average Bonchev–Trinajstić information content (AvgIpc) is 2.71. The van der Waals surface area contributed by atoms with Gasteiger partial charge in [0.15, 0.2) is 5.78 Å². The van der Waals surface area contributed by atoms with Crippen LogP contribution in [0.25, 0.3) is 0 Å². The molecule has 0 radical (unpaired) electrons. The molecule has 7 heteroatoms. The van der Waals surface area contributed by atoms with Crippen LogP contribution in [0, 0.1) is 0 Å². The molecule has 29 heavy (non-hydrogen) atoms. The van der Waals surface area contributed by atoms with Gasteiger partial charge in [0.25, 0.3) is 5.91 Å². The highest BCUT2D eigenvalue weighted by atomic mass is 16.5. The number of hydrogen-bond donors (Lipinski definition) is 3. The van der Waals surface area contributed by atoms with Gasteiger partial charge in [0, 0.05) is 16.7 Å². The Morgan fingerprint density at radius 1 is 0.862 bits per heavy atom. The quantitative estimate of drug-likeness (QED) is 0.496. The van der Waals surface area contributed by atoms with Gasteiger partial charge in [0.05, 0.1) is 23.9 Å². The molecular formula is C22H15NO6. The number of phenolic OH excluding ortho intramolecular Hbond substituents is 2. The number of benzene rings is 3. The van der Waals surface area contributed by atoms with Crippen LogP contribution in [0.1, 0.15) is 42.2 Å². The molecule has 1 aliphatic carbocycles. The molecule has 0 saturated heterocycles. The fourth-order valence-corrected chi connectivity index (χ4v) is 3.36. The summed E-state index contributed by atoms with van der Waals surface area (Å²) in [5.41, 5.74) is -0.0707. The third-order valence-corrected chi connectivity index (χ3v) is 4.72. The molecule has 4 rings (SSSR count). The van der Waals surface area contributed by atoms with Gasteiger partial charge >= 0.3 is 0 Å². The Balaban J connectivity index is 1.77. The molecule has 0 bridgehead atoms. The van der Waals surface area contributed by atoms with E-state index in [9.17, 15) is 24.6 Å². The summed E-state index contributed by atoms with van der Waals surface area (Å²) in [6.45, 7) is 0. The highest BCUT2D eigenvalue weighted by Gasteiger charge is 2.35. The maximum Gasteiger partial charge on any atom is 0.255 e. The highest BCUT2D eigenvalue weighted by Crippen LogP contribution is 2.37. The topological polar surface area (TPSA) is 113 Å². The van der Waals surface area contributed by atoms with Gasteiger partial charge in [0.2, 0.25) is 5.78 Å². The largest absolute Gasteiger partial charge is 0.507 e. The summed E-state index contributed by atoms with van der Waals surface area (Å²) in [6.07, 6.45) is 0. The minimum Gasteiger partial charge on any atom is -0.507 e. The van der Waals surface area contributed by atoms with Gasteiger partial charge in [-0.1, -0.05) is 24.3 Å². The van der Waals surface area contributed by atoms with Crippen molar-refractivity contribution in [3.05, 3.63) is 82.4 Å². The summed E-state index contributed by atoms with van der Waals surface area (Å²) in [5, 5.41) is 23.0. The molecule has 0 heterocycles.